The van der Waals surface area contributed by atoms with Gasteiger partial charge >= 0.3 is 0 Å². The van der Waals surface area contributed by atoms with Gasteiger partial charge in [-0.05, 0) is 43.7 Å². The Morgan fingerprint density at radius 2 is 2.25 bits per heavy atom. The third kappa shape index (κ3) is 2.75. The quantitative estimate of drug-likeness (QED) is 0.835. The van der Waals surface area contributed by atoms with E-state index in [2.05, 4.69) is 10.1 Å². The summed E-state index contributed by atoms with van der Waals surface area (Å²) in [7, 11) is 0. The molecule has 0 spiro atoms. The number of likely N-dealkylation sites (tertiary alicyclic amines) is 1. The first kappa shape index (κ1) is 15.8. The molecular formula is C17H21N3O3S. The summed E-state index contributed by atoms with van der Waals surface area (Å²) in [6, 6.07) is 2.00. The lowest BCUT2D eigenvalue weighted by Gasteiger charge is -2.43. The molecule has 24 heavy (non-hydrogen) atoms. The van der Waals surface area contributed by atoms with E-state index < -0.39 is 0 Å². The second-order valence-corrected chi connectivity index (χ2v) is 7.54. The van der Waals surface area contributed by atoms with Crippen LogP contribution in [0, 0.1) is 19.8 Å². The van der Waals surface area contributed by atoms with Crippen LogP contribution in [-0.4, -0.2) is 46.7 Å². The van der Waals surface area contributed by atoms with Crippen LogP contribution in [0.15, 0.2) is 16.0 Å². The maximum absolute atomic E-state index is 12.8. The summed E-state index contributed by atoms with van der Waals surface area (Å²) < 4.78 is 11.4. The number of piperidine rings is 1. The van der Waals surface area contributed by atoms with E-state index in [4.69, 9.17) is 9.26 Å². The molecule has 7 heteroatoms. The van der Waals surface area contributed by atoms with Gasteiger partial charge < -0.3 is 14.2 Å². The molecule has 2 saturated heterocycles. The zero-order valence-electron chi connectivity index (χ0n) is 13.9. The van der Waals surface area contributed by atoms with Gasteiger partial charge in [-0.2, -0.15) is 4.98 Å². The highest BCUT2D eigenvalue weighted by atomic mass is 32.1. The van der Waals surface area contributed by atoms with Crippen LogP contribution in [0.1, 0.15) is 45.7 Å². The summed E-state index contributed by atoms with van der Waals surface area (Å²) in [5, 5.41) is 5.91. The van der Waals surface area contributed by atoms with Gasteiger partial charge in [0.25, 0.3) is 5.91 Å². The lowest BCUT2D eigenvalue weighted by Crippen LogP contribution is -2.51. The first-order valence-electron chi connectivity index (χ1n) is 8.38. The monoisotopic (exact) mass is 347 g/mol. The van der Waals surface area contributed by atoms with E-state index in [0.29, 0.717) is 24.9 Å². The Hall–Kier alpha value is -1.73. The predicted molar refractivity (Wildman–Crippen MR) is 89.2 cm³/mol. The number of ether oxygens (including phenoxy) is 1. The molecule has 0 bridgehead atoms. The van der Waals surface area contributed by atoms with E-state index in [1.54, 1.807) is 0 Å². The predicted octanol–water partition coefficient (Wildman–Crippen LogP) is 2.78. The smallest absolute Gasteiger partial charge is 0.264 e. The number of aryl methyl sites for hydroxylation is 2. The molecule has 3 atom stereocenters. The Bertz CT molecular complexity index is 741. The molecular weight excluding hydrogens is 326 g/mol. The van der Waals surface area contributed by atoms with Crippen LogP contribution < -0.4 is 0 Å². The van der Waals surface area contributed by atoms with Crippen molar-refractivity contribution in [2.24, 2.45) is 5.92 Å². The van der Waals surface area contributed by atoms with Gasteiger partial charge in [-0.3, -0.25) is 4.79 Å². The normalized spacial score (nSPS) is 27.1. The molecule has 0 unspecified atom stereocenters. The van der Waals surface area contributed by atoms with Crippen molar-refractivity contribution >= 4 is 17.2 Å². The summed E-state index contributed by atoms with van der Waals surface area (Å²) in [5.74, 6) is 1.87. The van der Waals surface area contributed by atoms with Crippen LogP contribution in [0.5, 0.6) is 0 Å². The van der Waals surface area contributed by atoms with Crippen molar-refractivity contribution < 1.29 is 14.1 Å². The van der Waals surface area contributed by atoms with Crippen LogP contribution in [0.4, 0.5) is 0 Å². The van der Waals surface area contributed by atoms with E-state index in [1.165, 1.54) is 11.3 Å². The number of amides is 1. The number of carbonyl (C=O) groups excluding carboxylic acids is 1. The molecule has 6 nitrogen and oxygen atoms in total. The molecule has 4 rings (SSSR count). The van der Waals surface area contributed by atoms with Crippen molar-refractivity contribution in [1.29, 1.82) is 0 Å². The van der Waals surface area contributed by atoms with E-state index in [9.17, 15) is 4.79 Å². The lowest BCUT2D eigenvalue weighted by atomic mass is 9.79. The molecule has 0 radical (unpaired) electrons. The summed E-state index contributed by atoms with van der Waals surface area (Å²) in [5.41, 5.74) is 1.05. The van der Waals surface area contributed by atoms with Crippen molar-refractivity contribution in [3.63, 3.8) is 0 Å². The van der Waals surface area contributed by atoms with E-state index >= 15 is 0 Å². The molecule has 2 fully saturated rings. The average Bonchev–Trinajstić information content (AvgIpc) is 3.21. The van der Waals surface area contributed by atoms with Crippen molar-refractivity contribution in [2.75, 3.05) is 19.7 Å². The molecule has 0 saturated carbocycles. The van der Waals surface area contributed by atoms with E-state index in [0.717, 1.165) is 29.8 Å². The van der Waals surface area contributed by atoms with Crippen molar-refractivity contribution in [2.45, 2.75) is 38.7 Å². The highest BCUT2D eigenvalue weighted by Gasteiger charge is 2.42. The number of hydrogen-bond donors (Lipinski definition) is 0. The van der Waals surface area contributed by atoms with Crippen LogP contribution in [0.2, 0.25) is 0 Å². The summed E-state index contributed by atoms with van der Waals surface area (Å²) in [4.78, 5) is 20.1. The third-order valence-electron chi connectivity index (χ3n) is 5.07. The first-order valence-corrected chi connectivity index (χ1v) is 9.26. The van der Waals surface area contributed by atoms with Gasteiger partial charge in [0.2, 0.25) is 5.89 Å². The number of aromatic nitrogens is 2. The number of rotatable bonds is 2. The van der Waals surface area contributed by atoms with Gasteiger partial charge in [-0.1, -0.05) is 5.16 Å². The lowest BCUT2D eigenvalue weighted by molar-refractivity contribution is -0.0756. The van der Waals surface area contributed by atoms with Crippen molar-refractivity contribution in [3.8, 4) is 0 Å². The maximum atomic E-state index is 12.8. The number of hydrogen-bond acceptors (Lipinski definition) is 6. The van der Waals surface area contributed by atoms with E-state index in [-0.39, 0.29) is 23.8 Å². The van der Waals surface area contributed by atoms with Gasteiger partial charge in [0.15, 0.2) is 5.82 Å². The van der Waals surface area contributed by atoms with Crippen LogP contribution in [0.25, 0.3) is 0 Å². The molecule has 4 heterocycles. The van der Waals surface area contributed by atoms with E-state index in [1.807, 2.05) is 30.2 Å². The zero-order chi connectivity index (χ0) is 16.7. The van der Waals surface area contributed by atoms with Crippen LogP contribution in [-0.2, 0) is 4.74 Å². The van der Waals surface area contributed by atoms with Gasteiger partial charge in [0.1, 0.15) is 0 Å². The zero-order valence-corrected chi connectivity index (χ0v) is 14.7. The Morgan fingerprint density at radius 1 is 1.38 bits per heavy atom. The van der Waals surface area contributed by atoms with Gasteiger partial charge in [-0.25, -0.2) is 0 Å². The number of nitrogens with zero attached hydrogens (tertiary/aromatic N) is 3. The van der Waals surface area contributed by atoms with Crippen LogP contribution in [0.3, 0.4) is 0 Å². The van der Waals surface area contributed by atoms with Crippen molar-refractivity contribution in [3.05, 3.63) is 33.6 Å². The largest absolute Gasteiger partial charge is 0.378 e. The molecule has 0 aliphatic carbocycles. The standard InChI is InChI=1S/C17H21N3O3S/c1-10-5-8-24-15(10)17(21)20-6-3-14-13(9-20)12(4-7-22-14)16-18-11(2)19-23-16/h5,8,12-14H,3-4,6-7,9H2,1-2H3/t12-,13-,14-/m0/s1. The molecule has 2 aromatic heterocycles. The molecule has 2 aromatic rings. The number of carbonyl (C=O) groups is 1. The molecule has 0 aromatic carbocycles. The minimum atomic E-state index is 0.131. The summed E-state index contributed by atoms with van der Waals surface area (Å²) >= 11 is 1.52. The minimum Gasteiger partial charge on any atom is -0.378 e. The third-order valence-corrected chi connectivity index (χ3v) is 6.08. The fourth-order valence-corrected chi connectivity index (χ4v) is 4.70. The topological polar surface area (TPSA) is 68.5 Å². The number of fused-ring (bicyclic) bond motifs is 1. The highest BCUT2D eigenvalue weighted by molar-refractivity contribution is 7.12. The second-order valence-electron chi connectivity index (χ2n) is 6.62. The Balaban J connectivity index is 1.56. The fraction of sp³-hybridized carbons (Fsp3) is 0.588. The minimum absolute atomic E-state index is 0.131. The molecule has 128 valence electrons. The summed E-state index contributed by atoms with van der Waals surface area (Å²) in [6.07, 6.45) is 1.90. The fourth-order valence-electron chi connectivity index (χ4n) is 3.80. The first-order chi connectivity index (χ1) is 11.6. The SMILES string of the molecule is Cc1noc([C@H]2CCO[C@H]3CCN(C(=O)c4sccc4C)C[C@H]32)n1. The molecule has 0 N–H and O–H groups in total. The second kappa shape index (κ2) is 6.29. The van der Waals surface area contributed by atoms with Gasteiger partial charge in [-0.15, -0.1) is 11.3 Å². The van der Waals surface area contributed by atoms with Crippen LogP contribution >= 0.6 is 11.3 Å². The molecule has 1 amide bonds. The van der Waals surface area contributed by atoms with Gasteiger partial charge in [0.05, 0.1) is 11.0 Å². The highest BCUT2D eigenvalue weighted by Crippen LogP contribution is 2.39. The van der Waals surface area contributed by atoms with Crippen molar-refractivity contribution in [1.82, 2.24) is 15.0 Å². The molecule has 2 aliphatic heterocycles. The maximum Gasteiger partial charge on any atom is 0.264 e. The Kier molecular flexibility index (Phi) is 4.14. The summed E-state index contributed by atoms with van der Waals surface area (Å²) in [6.45, 7) is 5.97. The Labute approximate surface area is 144 Å². The average molecular weight is 347 g/mol. The Morgan fingerprint density at radius 3 is 2.96 bits per heavy atom. The number of thiophene rings is 1. The van der Waals surface area contributed by atoms with Gasteiger partial charge in [0, 0.05) is 31.5 Å². The molecule has 2 aliphatic rings.